The Balaban J connectivity index is 2.25. The minimum Gasteiger partial charge on any atom is -0.215 e. The van der Waals surface area contributed by atoms with Crippen LogP contribution in [0.2, 0.25) is 0 Å². The Kier molecular flexibility index (Phi) is 5.78. The number of nitrogens with one attached hydrogen (secondary N) is 1. The molecule has 0 saturated heterocycles. The number of sulfonamides is 1. The molecule has 16 heavy (non-hydrogen) atoms. The first-order chi connectivity index (χ1) is 7.67. The van der Waals surface area contributed by atoms with E-state index in [-0.39, 0.29) is 5.25 Å². The second-order valence-electron chi connectivity index (χ2n) is 4.31. The van der Waals surface area contributed by atoms with E-state index in [9.17, 15) is 8.42 Å². The molecule has 0 radical (unpaired) electrons. The lowest BCUT2D eigenvalue weighted by atomic mass is 10.0. The molecule has 1 fully saturated rings. The predicted octanol–water partition coefficient (Wildman–Crippen LogP) is 1.93. The molecule has 92 valence electrons. The summed E-state index contributed by atoms with van der Waals surface area (Å²) in [6, 6.07) is 2.05. The molecule has 4 nitrogen and oxygen atoms in total. The van der Waals surface area contributed by atoms with Crippen LogP contribution in [0.25, 0.3) is 0 Å². The van der Waals surface area contributed by atoms with E-state index in [1.807, 2.05) is 0 Å². The second kappa shape index (κ2) is 6.87. The topological polar surface area (TPSA) is 70.0 Å². The minimum absolute atomic E-state index is 0.183. The van der Waals surface area contributed by atoms with E-state index in [0.29, 0.717) is 13.0 Å². The fraction of sp³-hybridized carbons (Fsp3) is 0.909. The van der Waals surface area contributed by atoms with E-state index in [2.05, 4.69) is 10.8 Å². The number of unbranched alkanes of at least 4 members (excludes halogenated alkanes) is 2. The van der Waals surface area contributed by atoms with Crippen LogP contribution in [0.5, 0.6) is 0 Å². The summed E-state index contributed by atoms with van der Waals surface area (Å²) < 4.78 is 26.3. The third-order valence-corrected chi connectivity index (χ3v) is 4.97. The highest BCUT2D eigenvalue weighted by atomic mass is 32.2. The Morgan fingerprint density at radius 1 is 1.19 bits per heavy atom. The maximum absolute atomic E-state index is 11.8. The molecule has 1 rings (SSSR count). The van der Waals surface area contributed by atoms with Crippen LogP contribution in [0.1, 0.15) is 51.4 Å². The summed E-state index contributed by atoms with van der Waals surface area (Å²) in [6.07, 6.45) is 6.84. The number of hydrogen-bond donors (Lipinski definition) is 1. The molecular weight excluding hydrogens is 224 g/mol. The standard InChI is InChI=1S/C11H20N2O2S/c12-9-5-2-6-10-13-16(14,15)11-7-3-1-4-8-11/h11,13H,1-8,10H2. The Morgan fingerprint density at radius 2 is 1.88 bits per heavy atom. The van der Waals surface area contributed by atoms with Crippen LogP contribution in [0.3, 0.4) is 0 Å². The quantitative estimate of drug-likeness (QED) is 0.726. The highest BCUT2D eigenvalue weighted by molar-refractivity contribution is 7.90. The first-order valence-electron chi connectivity index (χ1n) is 6.02. The van der Waals surface area contributed by atoms with Crippen LogP contribution in [0.4, 0.5) is 0 Å². The minimum atomic E-state index is -3.10. The summed E-state index contributed by atoms with van der Waals surface area (Å²) in [5, 5.41) is 8.16. The van der Waals surface area contributed by atoms with Gasteiger partial charge >= 0.3 is 0 Å². The van der Waals surface area contributed by atoms with Crippen molar-refractivity contribution in [2.45, 2.75) is 56.6 Å². The molecule has 0 amide bonds. The van der Waals surface area contributed by atoms with Crippen LogP contribution in [0, 0.1) is 11.3 Å². The molecule has 1 N–H and O–H groups in total. The largest absolute Gasteiger partial charge is 0.215 e. The summed E-state index contributed by atoms with van der Waals surface area (Å²) in [4.78, 5) is 0. The van der Waals surface area contributed by atoms with Crippen molar-refractivity contribution < 1.29 is 8.42 Å². The summed E-state index contributed by atoms with van der Waals surface area (Å²) in [7, 11) is -3.10. The van der Waals surface area contributed by atoms with Crippen molar-refractivity contribution in [3.8, 4) is 6.07 Å². The molecule has 1 aliphatic rings. The summed E-state index contributed by atoms with van der Waals surface area (Å²) in [5.74, 6) is 0. The molecule has 0 aromatic heterocycles. The average Bonchev–Trinajstić information content (AvgIpc) is 2.30. The van der Waals surface area contributed by atoms with Gasteiger partial charge in [-0.1, -0.05) is 19.3 Å². The Bertz CT molecular complexity index is 326. The van der Waals surface area contributed by atoms with Gasteiger partial charge in [0.25, 0.3) is 0 Å². The van der Waals surface area contributed by atoms with Crippen molar-refractivity contribution in [2.24, 2.45) is 0 Å². The number of nitriles is 1. The molecule has 0 aliphatic heterocycles. The zero-order chi connectivity index (χ0) is 11.9. The Morgan fingerprint density at radius 3 is 2.50 bits per heavy atom. The highest BCUT2D eigenvalue weighted by Crippen LogP contribution is 2.22. The molecule has 0 aromatic carbocycles. The molecule has 0 spiro atoms. The molecule has 1 aliphatic carbocycles. The van der Waals surface area contributed by atoms with E-state index >= 15 is 0 Å². The smallest absolute Gasteiger partial charge is 0.214 e. The van der Waals surface area contributed by atoms with Gasteiger partial charge in [0.2, 0.25) is 10.0 Å². The van der Waals surface area contributed by atoms with Gasteiger partial charge in [-0.2, -0.15) is 5.26 Å². The van der Waals surface area contributed by atoms with Crippen LogP contribution in [-0.2, 0) is 10.0 Å². The van der Waals surface area contributed by atoms with Crippen molar-refractivity contribution in [3.05, 3.63) is 0 Å². The zero-order valence-electron chi connectivity index (χ0n) is 9.61. The van der Waals surface area contributed by atoms with Crippen molar-refractivity contribution in [2.75, 3.05) is 6.54 Å². The van der Waals surface area contributed by atoms with E-state index in [0.717, 1.165) is 44.9 Å². The lowest BCUT2D eigenvalue weighted by Crippen LogP contribution is -2.36. The first kappa shape index (κ1) is 13.5. The molecule has 1 saturated carbocycles. The van der Waals surface area contributed by atoms with Gasteiger partial charge in [-0.15, -0.1) is 0 Å². The number of hydrogen-bond acceptors (Lipinski definition) is 3. The van der Waals surface area contributed by atoms with Gasteiger partial charge < -0.3 is 0 Å². The molecular formula is C11H20N2O2S. The van der Waals surface area contributed by atoms with E-state index in [1.165, 1.54) is 0 Å². The fourth-order valence-electron chi connectivity index (χ4n) is 2.04. The third kappa shape index (κ3) is 4.50. The monoisotopic (exact) mass is 244 g/mol. The molecule has 0 bridgehead atoms. The van der Waals surface area contributed by atoms with Gasteiger partial charge in [0.05, 0.1) is 11.3 Å². The lowest BCUT2D eigenvalue weighted by Gasteiger charge is -2.21. The molecule has 0 unspecified atom stereocenters. The second-order valence-corrected chi connectivity index (χ2v) is 6.36. The van der Waals surface area contributed by atoms with Crippen molar-refractivity contribution >= 4 is 10.0 Å². The van der Waals surface area contributed by atoms with Crippen molar-refractivity contribution in [3.63, 3.8) is 0 Å². The van der Waals surface area contributed by atoms with Gasteiger partial charge in [-0.3, -0.25) is 0 Å². The van der Waals surface area contributed by atoms with Gasteiger partial charge in [0.15, 0.2) is 0 Å². The maximum atomic E-state index is 11.8. The van der Waals surface area contributed by atoms with Gasteiger partial charge in [-0.05, 0) is 25.7 Å². The Hall–Kier alpha value is -0.600. The van der Waals surface area contributed by atoms with Gasteiger partial charge in [0.1, 0.15) is 0 Å². The SMILES string of the molecule is N#CCCCCNS(=O)(=O)C1CCCCC1. The fourth-order valence-corrected chi connectivity index (χ4v) is 3.66. The van der Waals surface area contributed by atoms with E-state index in [4.69, 9.17) is 5.26 Å². The van der Waals surface area contributed by atoms with Crippen LogP contribution < -0.4 is 4.72 Å². The third-order valence-electron chi connectivity index (χ3n) is 3.01. The number of rotatable bonds is 6. The first-order valence-corrected chi connectivity index (χ1v) is 7.57. The summed E-state index contributed by atoms with van der Waals surface area (Å²) in [6.45, 7) is 0.473. The van der Waals surface area contributed by atoms with Crippen LogP contribution in [-0.4, -0.2) is 20.2 Å². The lowest BCUT2D eigenvalue weighted by molar-refractivity contribution is 0.477. The molecule has 0 atom stereocenters. The van der Waals surface area contributed by atoms with Crippen molar-refractivity contribution in [1.29, 1.82) is 5.26 Å². The van der Waals surface area contributed by atoms with Crippen LogP contribution in [0.15, 0.2) is 0 Å². The Labute approximate surface area is 98.1 Å². The highest BCUT2D eigenvalue weighted by Gasteiger charge is 2.26. The van der Waals surface area contributed by atoms with Crippen molar-refractivity contribution in [1.82, 2.24) is 4.72 Å². The molecule has 5 heteroatoms. The van der Waals surface area contributed by atoms with Crippen LogP contribution >= 0.6 is 0 Å². The van der Waals surface area contributed by atoms with Gasteiger partial charge in [-0.25, -0.2) is 13.1 Å². The number of nitrogens with zero attached hydrogens (tertiary/aromatic N) is 1. The normalized spacial score (nSPS) is 18.2. The molecule has 0 heterocycles. The molecule has 0 aromatic rings. The van der Waals surface area contributed by atoms with E-state index < -0.39 is 10.0 Å². The summed E-state index contributed by atoms with van der Waals surface area (Å²) in [5.41, 5.74) is 0. The zero-order valence-corrected chi connectivity index (χ0v) is 10.4. The maximum Gasteiger partial charge on any atom is 0.214 e. The average molecular weight is 244 g/mol. The summed E-state index contributed by atoms with van der Waals surface area (Å²) >= 11 is 0. The van der Waals surface area contributed by atoms with Gasteiger partial charge in [0, 0.05) is 13.0 Å². The van der Waals surface area contributed by atoms with E-state index in [1.54, 1.807) is 0 Å². The predicted molar refractivity (Wildman–Crippen MR) is 63.3 cm³/mol.